The molecule has 0 saturated carbocycles. The molecule has 472 valence electrons. The molecule has 0 N–H and O–H groups in total. The minimum absolute atomic E-state index is 0.0828. The Labute approximate surface area is 513 Å². The van der Waals surface area contributed by atoms with Gasteiger partial charge < -0.3 is 14.2 Å². The Hall–Kier alpha value is -4.45. The van der Waals surface area contributed by atoms with Crippen LogP contribution in [0.1, 0.15) is 316 Å². The molecule has 6 nitrogen and oxygen atoms in total. The lowest BCUT2D eigenvalue weighted by Gasteiger charge is -2.18. The highest BCUT2D eigenvalue weighted by Gasteiger charge is 2.19. The highest BCUT2D eigenvalue weighted by Crippen LogP contribution is 2.16. The summed E-state index contributed by atoms with van der Waals surface area (Å²) >= 11 is 0. The molecule has 0 heterocycles. The van der Waals surface area contributed by atoms with Gasteiger partial charge in [0.1, 0.15) is 13.2 Å². The number of allylic oxidation sites excluding steroid dienone is 22. The average molecular weight is 1150 g/mol. The van der Waals surface area contributed by atoms with Crippen LogP contribution >= 0.6 is 0 Å². The quantitative estimate of drug-likeness (QED) is 0.0261. The molecule has 0 radical (unpaired) electrons. The summed E-state index contributed by atoms with van der Waals surface area (Å²) in [5.74, 6) is -0.889. The fraction of sp³-hybridized carbons (Fsp3) is 0.675. The van der Waals surface area contributed by atoms with Gasteiger partial charge in [0, 0.05) is 19.3 Å². The van der Waals surface area contributed by atoms with Crippen molar-refractivity contribution in [3.05, 3.63) is 134 Å². The summed E-state index contributed by atoms with van der Waals surface area (Å²) in [6.07, 6.45) is 99.0. The molecule has 83 heavy (non-hydrogen) atoms. The Kier molecular flexibility index (Phi) is 66.3. The van der Waals surface area contributed by atoms with E-state index in [0.29, 0.717) is 19.3 Å². The molecular formula is C77H128O6. The van der Waals surface area contributed by atoms with Crippen molar-refractivity contribution in [2.24, 2.45) is 0 Å². The van der Waals surface area contributed by atoms with E-state index in [2.05, 4.69) is 154 Å². The van der Waals surface area contributed by atoms with Gasteiger partial charge in [0.2, 0.25) is 0 Å². The van der Waals surface area contributed by atoms with Gasteiger partial charge in [0.05, 0.1) is 0 Å². The SMILES string of the molecule is CC/C=C\C/C=C\C/C=C\C/C=C\C/C=C\C/C=C\CCCCCCCCCCCCCCC(=O)OCC(COC(=O)CCCCCCCCCCCCC)OC(=O)CCCCCCCCC/C=C\C/C=C\C/C=C\C/C=C\C/C=C\CC. The molecule has 0 aromatic carbocycles. The van der Waals surface area contributed by atoms with Gasteiger partial charge in [-0.25, -0.2) is 0 Å². The molecule has 0 aromatic heterocycles. The fourth-order valence-corrected chi connectivity index (χ4v) is 9.53. The van der Waals surface area contributed by atoms with Gasteiger partial charge >= 0.3 is 17.9 Å². The van der Waals surface area contributed by atoms with Crippen LogP contribution in [0.15, 0.2) is 134 Å². The first-order chi connectivity index (χ1) is 41.0. The van der Waals surface area contributed by atoms with Crippen LogP contribution in [0.25, 0.3) is 0 Å². The van der Waals surface area contributed by atoms with Crippen LogP contribution in [-0.2, 0) is 28.6 Å². The Morgan fingerprint density at radius 1 is 0.253 bits per heavy atom. The van der Waals surface area contributed by atoms with E-state index in [0.717, 1.165) is 135 Å². The van der Waals surface area contributed by atoms with Gasteiger partial charge in [-0.2, -0.15) is 0 Å². The van der Waals surface area contributed by atoms with E-state index in [1.54, 1.807) is 0 Å². The summed E-state index contributed by atoms with van der Waals surface area (Å²) in [6.45, 7) is 6.42. The third-order valence-electron chi connectivity index (χ3n) is 14.7. The molecule has 0 saturated heterocycles. The summed E-state index contributed by atoms with van der Waals surface area (Å²) in [4.78, 5) is 38.4. The number of carbonyl (C=O) groups excluding carboxylic acids is 3. The number of hydrogen-bond acceptors (Lipinski definition) is 6. The van der Waals surface area contributed by atoms with Gasteiger partial charge in [-0.3, -0.25) is 14.4 Å². The van der Waals surface area contributed by atoms with Gasteiger partial charge in [-0.15, -0.1) is 0 Å². The van der Waals surface area contributed by atoms with Gasteiger partial charge in [-0.05, 0) is 116 Å². The van der Waals surface area contributed by atoms with Crippen LogP contribution < -0.4 is 0 Å². The average Bonchev–Trinajstić information content (AvgIpc) is 3.48. The van der Waals surface area contributed by atoms with E-state index >= 15 is 0 Å². The molecule has 1 atom stereocenters. The van der Waals surface area contributed by atoms with E-state index in [1.165, 1.54) is 141 Å². The third kappa shape index (κ3) is 68.2. The Bertz CT molecular complexity index is 1750. The van der Waals surface area contributed by atoms with Crippen LogP contribution in [0.3, 0.4) is 0 Å². The molecule has 0 aliphatic rings. The van der Waals surface area contributed by atoms with Crippen molar-refractivity contribution in [1.82, 2.24) is 0 Å². The van der Waals surface area contributed by atoms with E-state index in [-0.39, 0.29) is 31.1 Å². The summed E-state index contributed by atoms with van der Waals surface area (Å²) < 4.78 is 16.9. The molecule has 6 heteroatoms. The second-order valence-corrected chi connectivity index (χ2v) is 22.7. The van der Waals surface area contributed by atoms with Gasteiger partial charge in [0.25, 0.3) is 0 Å². The van der Waals surface area contributed by atoms with Crippen LogP contribution in [0.2, 0.25) is 0 Å². The molecule has 0 bridgehead atoms. The highest BCUT2D eigenvalue weighted by atomic mass is 16.6. The normalized spacial score (nSPS) is 13.0. The monoisotopic (exact) mass is 1150 g/mol. The predicted octanol–water partition coefficient (Wildman–Crippen LogP) is 24.1. The molecule has 0 aliphatic carbocycles. The largest absolute Gasteiger partial charge is 0.462 e. The number of carbonyl (C=O) groups is 3. The number of rotatable bonds is 62. The maximum Gasteiger partial charge on any atom is 0.306 e. The number of ether oxygens (including phenoxy) is 3. The molecule has 0 amide bonds. The van der Waals surface area contributed by atoms with Crippen molar-refractivity contribution in [1.29, 1.82) is 0 Å². The molecule has 0 aliphatic heterocycles. The second kappa shape index (κ2) is 70.0. The fourth-order valence-electron chi connectivity index (χ4n) is 9.53. The Morgan fingerprint density at radius 3 is 0.735 bits per heavy atom. The van der Waals surface area contributed by atoms with Crippen LogP contribution in [0.4, 0.5) is 0 Å². The molecular weight excluding hydrogens is 1020 g/mol. The minimum Gasteiger partial charge on any atom is -0.462 e. The molecule has 1 unspecified atom stereocenters. The number of unbranched alkanes of at least 4 members (excludes halogenated alkanes) is 29. The molecule has 0 aromatic rings. The summed E-state index contributed by atoms with van der Waals surface area (Å²) in [5.41, 5.74) is 0. The second-order valence-electron chi connectivity index (χ2n) is 22.7. The van der Waals surface area contributed by atoms with E-state index in [1.807, 2.05) is 0 Å². The van der Waals surface area contributed by atoms with Crippen molar-refractivity contribution in [2.75, 3.05) is 13.2 Å². The minimum atomic E-state index is -0.788. The molecule has 0 fully saturated rings. The van der Waals surface area contributed by atoms with Crippen molar-refractivity contribution in [3.63, 3.8) is 0 Å². The van der Waals surface area contributed by atoms with Crippen molar-refractivity contribution < 1.29 is 28.6 Å². The lowest BCUT2D eigenvalue weighted by Crippen LogP contribution is -2.30. The maximum absolute atomic E-state index is 12.9. The van der Waals surface area contributed by atoms with Crippen molar-refractivity contribution >= 4 is 17.9 Å². The first kappa shape index (κ1) is 78.5. The first-order valence-electron chi connectivity index (χ1n) is 34.7. The van der Waals surface area contributed by atoms with Gasteiger partial charge in [-0.1, -0.05) is 315 Å². The molecule has 0 rings (SSSR count). The zero-order chi connectivity index (χ0) is 59.9. The smallest absolute Gasteiger partial charge is 0.306 e. The highest BCUT2D eigenvalue weighted by molar-refractivity contribution is 5.71. The topological polar surface area (TPSA) is 78.9 Å². The van der Waals surface area contributed by atoms with Crippen LogP contribution in [0.5, 0.6) is 0 Å². The van der Waals surface area contributed by atoms with E-state index in [9.17, 15) is 14.4 Å². The summed E-state index contributed by atoms with van der Waals surface area (Å²) in [5, 5.41) is 0. The lowest BCUT2D eigenvalue weighted by atomic mass is 10.0. The summed E-state index contributed by atoms with van der Waals surface area (Å²) in [7, 11) is 0. The standard InChI is InChI=1S/C77H128O6/c1-4-7-10-13-16-19-22-24-26-28-30-32-34-35-36-37-38-39-40-41-43-44-46-48-50-52-55-58-61-64-67-70-76(79)82-73-74(72-81-75(78)69-66-63-60-57-54-21-18-15-12-9-6-3)83-77(80)71-68-65-62-59-56-53-51-49-47-45-42-33-31-29-27-25-23-20-17-14-11-8-5-2/h7-8,10-11,16-17,19-20,24-27,30-33,35-36,38-39,45,47,74H,4-6,9,12-15,18,21-23,28-29,34,37,40-44,46,48-73H2,1-3H3/b10-7-,11-8-,19-16-,20-17-,26-24-,27-25-,32-30-,33-31-,36-35-,39-38-,47-45-. The van der Waals surface area contributed by atoms with E-state index < -0.39 is 6.10 Å². The predicted molar refractivity (Wildman–Crippen MR) is 362 cm³/mol. The zero-order valence-corrected chi connectivity index (χ0v) is 54.2. The zero-order valence-electron chi connectivity index (χ0n) is 54.2. The maximum atomic E-state index is 12.9. The van der Waals surface area contributed by atoms with Crippen LogP contribution in [0, 0.1) is 0 Å². The van der Waals surface area contributed by atoms with Crippen LogP contribution in [-0.4, -0.2) is 37.2 Å². The van der Waals surface area contributed by atoms with Crippen molar-refractivity contribution in [2.45, 2.75) is 322 Å². The molecule has 0 spiro atoms. The van der Waals surface area contributed by atoms with Crippen molar-refractivity contribution in [3.8, 4) is 0 Å². The Morgan fingerprint density at radius 2 is 0.470 bits per heavy atom. The summed E-state index contributed by atoms with van der Waals surface area (Å²) in [6, 6.07) is 0. The lowest BCUT2D eigenvalue weighted by molar-refractivity contribution is -0.167. The Balaban J connectivity index is 4.26. The third-order valence-corrected chi connectivity index (χ3v) is 14.7. The van der Waals surface area contributed by atoms with E-state index in [4.69, 9.17) is 14.2 Å². The van der Waals surface area contributed by atoms with Gasteiger partial charge in [0.15, 0.2) is 6.10 Å². The number of esters is 3. The first-order valence-corrected chi connectivity index (χ1v) is 34.7. The number of hydrogen-bond donors (Lipinski definition) is 0.